The summed E-state index contributed by atoms with van der Waals surface area (Å²) in [6.07, 6.45) is 13.1. The Morgan fingerprint density at radius 1 is 1.03 bits per heavy atom. The van der Waals surface area contributed by atoms with E-state index in [0.717, 1.165) is 49.4 Å². The van der Waals surface area contributed by atoms with Gasteiger partial charge in [-0.3, -0.25) is 4.79 Å². The number of carboxylic acids is 1. The summed E-state index contributed by atoms with van der Waals surface area (Å²) in [6.45, 7) is 5.13. The van der Waals surface area contributed by atoms with Gasteiger partial charge in [-0.25, -0.2) is 0 Å². The Bertz CT molecular complexity index is 637. The number of ether oxygens (including phenoxy) is 1. The van der Waals surface area contributed by atoms with Crippen molar-refractivity contribution in [1.29, 1.82) is 0 Å². The molecule has 4 aliphatic rings. The SMILES string of the molecule is CC12CCC3C(CCC4CC(OCC(O)CO)CCC43C)C1CCC2CCCC(=O)O. The average Bonchev–Trinajstić information content (AvgIpc) is 3.08. The van der Waals surface area contributed by atoms with E-state index in [2.05, 4.69) is 13.8 Å². The molecule has 4 saturated carbocycles. The van der Waals surface area contributed by atoms with Gasteiger partial charge in [0.2, 0.25) is 0 Å². The fourth-order valence-corrected chi connectivity index (χ4v) is 8.75. The molecule has 5 nitrogen and oxygen atoms in total. The van der Waals surface area contributed by atoms with Crippen molar-refractivity contribution in [3.63, 3.8) is 0 Å². The molecular weight excluding hydrogens is 392 g/mol. The molecule has 0 aliphatic heterocycles. The Morgan fingerprint density at radius 3 is 2.52 bits per heavy atom. The maximum absolute atomic E-state index is 11.0. The zero-order chi connectivity index (χ0) is 22.2. The molecule has 0 amide bonds. The van der Waals surface area contributed by atoms with Crippen molar-refractivity contribution < 1.29 is 24.9 Å². The van der Waals surface area contributed by atoms with Crippen molar-refractivity contribution in [3.05, 3.63) is 0 Å². The van der Waals surface area contributed by atoms with Crippen LogP contribution in [-0.2, 0) is 9.53 Å². The maximum Gasteiger partial charge on any atom is 0.303 e. The van der Waals surface area contributed by atoms with E-state index in [4.69, 9.17) is 14.9 Å². The minimum Gasteiger partial charge on any atom is -0.481 e. The molecule has 0 heterocycles. The lowest BCUT2D eigenvalue weighted by atomic mass is 9.44. The van der Waals surface area contributed by atoms with Crippen LogP contribution in [0, 0.1) is 40.4 Å². The van der Waals surface area contributed by atoms with E-state index in [1.807, 2.05) is 0 Å². The number of hydrogen-bond donors (Lipinski definition) is 3. The van der Waals surface area contributed by atoms with Crippen LogP contribution >= 0.6 is 0 Å². The molecule has 0 saturated heterocycles. The van der Waals surface area contributed by atoms with Crippen LogP contribution in [0.1, 0.15) is 90.9 Å². The van der Waals surface area contributed by atoms with E-state index in [1.54, 1.807) is 0 Å². The molecule has 0 aromatic rings. The first-order valence-corrected chi connectivity index (χ1v) is 12.9. The van der Waals surface area contributed by atoms with Crippen LogP contribution < -0.4 is 0 Å². The minimum absolute atomic E-state index is 0.227. The minimum atomic E-state index is -0.758. The van der Waals surface area contributed by atoms with Gasteiger partial charge in [-0.1, -0.05) is 13.8 Å². The third-order valence-electron chi connectivity index (χ3n) is 10.5. The van der Waals surface area contributed by atoms with E-state index >= 15 is 0 Å². The average molecular weight is 437 g/mol. The second-order valence-electron chi connectivity index (χ2n) is 11.8. The molecule has 5 heteroatoms. The van der Waals surface area contributed by atoms with Crippen LogP contribution in [0.4, 0.5) is 0 Å². The monoisotopic (exact) mass is 436 g/mol. The fraction of sp³-hybridized carbons (Fsp3) is 0.962. The molecular formula is C26H44O5. The number of carbonyl (C=O) groups is 1. The first-order chi connectivity index (χ1) is 14.8. The van der Waals surface area contributed by atoms with E-state index in [9.17, 15) is 9.90 Å². The van der Waals surface area contributed by atoms with Crippen molar-refractivity contribution in [2.75, 3.05) is 13.2 Å². The molecule has 0 aromatic heterocycles. The van der Waals surface area contributed by atoms with E-state index in [0.29, 0.717) is 23.2 Å². The molecule has 9 unspecified atom stereocenters. The Morgan fingerprint density at radius 2 is 1.77 bits per heavy atom. The van der Waals surface area contributed by atoms with Crippen LogP contribution in [0.3, 0.4) is 0 Å². The van der Waals surface area contributed by atoms with Gasteiger partial charge in [0.25, 0.3) is 0 Å². The lowest BCUT2D eigenvalue weighted by molar-refractivity contribution is -0.140. The van der Waals surface area contributed by atoms with Gasteiger partial charge >= 0.3 is 5.97 Å². The number of aliphatic hydroxyl groups is 2. The van der Waals surface area contributed by atoms with Crippen molar-refractivity contribution in [3.8, 4) is 0 Å². The Balaban J connectivity index is 1.39. The van der Waals surface area contributed by atoms with Gasteiger partial charge in [-0.15, -0.1) is 0 Å². The highest BCUT2D eigenvalue weighted by Crippen LogP contribution is 2.68. The second-order valence-corrected chi connectivity index (χ2v) is 11.8. The van der Waals surface area contributed by atoms with Gasteiger partial charge < -0.3 is 20.1 Å². The molecule has 178 valence electrons. The van der Waals surface area contributed by atoms with Crippen LogP contribution in [0.5, 0.6) is 0 Å². The number of carboxylic acid groups (broad SMARTS) is 1. The van der Waals surface area contributed by atoms with Gasteiger partial charge in [-0.05, 0) is 111 Å². The molecule has 4 rings (SSSR count). The lowest BCUT2D eigenvalue weighted by Crippen LogP contribution is -2.54. The summed E-state index contributed by atoms with van der Waals surface area (Å²) in [7, 11) is 0. The highest BCUT2D eigenvalue weighted by molar-refractivity contribution is 5.66. The predicted molar refractivity (Wildman–Crippen MR) is 120 cm³/mol. The van der Waals surface area contributed by atoms with Gasteiger partial charge in [0.05, 0.1) is 19.3 Å². The van der Waals surface area contributed by atoms with Crippen LogP contribution in [0.25, 0.3) is 0 Å². The Hall–Kier alpha value is -0.650. The quantitative estimate of drug-likeness (QED) is 0.516. The van der Waals surface area contributed by atoms with E-state index in [-0.39, 0.29) is 19.3 Å². The van der Waals surface area contributed by atoms with Gasteiger partial charge in [0, 0.05) is 6.42 Å². The van der Waals surface area contributed by atoms with Gasteiger partial charge in [0.1, 0.15) is 6.10 Å². The summed E-state index contributed by atoms with van der Waals surface area (Å²) in [5.41, 5.74) is 0.838. The van der Waals surface area contributed by atoms with Gasteiger partial charge in [-0.2, -0.15) is 0 Å². The van der Waals surface area contributed by atoms with E-state index in [1.165, 1.54) is 44.9 Å². The first kappa shape index (κ1) is 23.5. The molecule has 4 aliphatic carbocycles. The summed E-state index contributed by atoms with van der Waals surface area (Å²) >= 11 is 0. The zero-order valence-electron chi connectivity index (χ0n) is 19.6. The Labute approximate surface area is 187 Å². The maximum atomic E-state index is 11.0. The highest BCUT2D eigenvalue weighted by atomic mass is 16.5. The highest BCUT2D eigenvalue weighted by Gasteiger charge is 2.59. The smallest absolute Gasteiger partial charge is 0.303 e. The molecule has 4 fully saturated rings. The van der Waals surface area contributed by atoms with Crippen LogP contribution in [0.15, 0.2) is 0 Å². The molecule has 0 radical (unpaired) electrons. The third kappa shape index (κ3) is 4.44. The lowest BCUT2D eigenvalue weighted by Gasteiger charge is -2.61. The van der Waals surface area contributed by atoms with Crippen molar-refractivity contribution >= 4 is 5.97 Å². The molecule has 0 aromatic carbocycles. The summed E-state index contributed by atoms with van der Waals surface area (Å²) in [6, 6.07) is 0. The topological polar surface area (TPSA) is 87.0 Å². The van der Waals surface area contributed by atoms with Crippen molar-refractivity contribution in [2.24, 2.45) is 40.4 Å². The van der Waals surface area contributed by atoms with Crippen LogP contribution in [-0.4, -0.2) is 46.7 Å². The van der Waals surface area contributed by atoms with Gasteiger partial charge in [0.15, 0.2) is 0 Å². The summed E-state index contributed by atoms with van der Waals surface area (Å²) in [5, 5.41) is 27.7. The Kier molecular flexibility index (Phi) is 7.06. The molecule has 0 bridgehead atoms. The number of fused-ring (bicyclic) bond motifs is 5. The summed E-state index contributed by atoms with van der Waals surface area (Å²) in [4.78, 5) is 11.0. The number of aliphatic hydroxyl groups excluding tert-OH is 2. The predicted octanol–water partition coefficient (Wildman–Crippen LogP) is 4.64. The normalized spacial score (nSPS) is 45.4. The number of hydrogen-bond acceptors (Lipinski definition) is 4. The number of rotatable bonds is 8. The van der Waals surface area contributed by atoms with Crippen molar-refractivity contribution in [2.45, 2.75) is 103 Å². The third-order valence-corrected chi connectivity index (χ3v) is 10.5. The standard InChI is InChI=1S/C26H44O5/c1-25-13-11-23-21(22(25)9-7-17(25)4-3-5-24(29)30)8-6-18-14-20(10-12-26(18,23)2)31-16-19(28)15-27/h17-23,27-28H,3-16H2,1-2H3,(H,29,30). The summed E-state index contributed by atoms with van der Waals surface area (Å²) < 4.78 is 5.97. The van der Waals surface area contributed by atoms with Crippen LogP contribution in [0.2, 0.25) is 0 Å². The number of aliphatic carboxylic acids is 1. The van der Waals surface area contributed by atoms with E-state index < -0.39 is 12.1 Å². The molecule has 3 N–H and O–H groups in total. The summed E-state index contributed by atoms with van der Waals surface area (Å²) in [5.74, 6) is 3.28. The molecule has 31 heavy (non-hydrogen) atoms. The fourth-order valence-electron chi connectivity index (χ4n) is 8.75. The first-order valence-electron chi connectivity index (χ1n) is 12.9. The molecule has 0 spiro atoms. The van der Waals surface area contributed by atoms with Crippen molar-refractivity contribution in [1.82, 2.24) is 0 Å². The second kappa shape index (κ2) is 9.30. The molecule has 9 atom stereocenters. The largest absolute Gasteiger partial charge is 0.481 e. The zero-order valence-corrected chi connectivity index (χ0v) is 19.6.